The number of para-hydroxylation sites is 1. The molecule has 0 N–H and O–H groups in total. The van der Waals surface area contributed by atoms with Crippen LogP contribution in [0.3, 0.4) is 0 Å². The second-order valence-electron chi connectivity index (χ2n) is 5.12. The van der Waals surface area contributed by atoms with E-state index >= 15 is 0 Å². The molecule has 0 spiro atoms. The van der Waals surface area contributed by atoms with Crippen molar-refractivity contribution in [3.05, 3.63) is 71.4 Å². The zero-order chi connectivity index (χ0) is 14.8. The average molecular weight is 273 g/mol. The molecule has 0 aliphatic heterocycles. The first-order valence-electron chi connectivity index (χ1n) is 6.82. The van der Waals surface area contributed by atoms with E-state index in [0.717, 1.165) is 22.0 Å². The number of fused-ring (bicyclic) bond motifs is 1. The molecule has 0 unspecified atom stereocenters. The molecule has 2 aromatic carbocycles. The van der Waals surface area contributed by atoms with Crippen molar-refractivity contribution in [1.29, 1.82) is 0 Å². The number of ketones is 1. The lowest BCUT2D eigenvalue weighted by atomic mass is 10.1. The van der Waals surface area contributed by atoms with E-state index in [1.165, 1.54) is 0 Å². The molecule has 1 aromatic heterocycles. The van der Waals surface area contributed by atoms with E-state index in [-0.39, 0.29) is 5.78 Å². The van der Waals surface area contributed by atoms with Crippen LogP contribution in [0.4, 0.5) is 0 Å². The molecule has 0 atom stereocenters. The predicted molar refractivity (Wildman–Crippen MR) is 85.3 cm³/mol. The number of hydrogen-bond donors (Lipinski definition) is 0. The molecule has 0 bridgehead atoms. The summed E-state index contributed by atoms with van der Waals surface area (Å²) < 4.78 is 1.96. The van der Waals surface area contributed by atoms with Crippen LogP contribution in [0.2, 0.25) is 0 Å². The second kappa shape index (κ2) is 5.30. The van der Waals surface area contributed by atoms with Gasteiger partial charge in [0, 0.05) is 29.7 Å². The fraction of sp³-hybridized carbons (Fsp3) is 0.105. The lowest BCUT2D eigenvalue weighted by Gasteiger charge is -1.93. The Morgan fingerprint density at radius 3 is 2.71 bits per heavy atom. The smallest absolute Gasteiger partial charge is 0.238 e. The molecule has 2 heteroatoms. The molecule has 0 saturated heterocycles. The van der Waals surface area contributed by atoms with Crippen LogP contribution in [0.5, 0.6) is 0 Å². The molecule has 0 saturated carbocycles. The van der Waals surface area contributed by atoms with Crippen LogP contribution in [0, 0.1) is 18.8 Å². The molecule has 2 nitrogen and oxygen atoms in total. The number of carbonyl (C=O) groups excluding carboxylic acids is 1. The number of aryl methyl sites for hydroxylation is 2. The number of benzene rings is 2. The molecule has 3 aromatic rings. The normalized spacial score (nSPS) is 10.2. The van der Waals surface area contributed by atoms with Gasteiger partial charge in [0.1, 0.15) is 0 Å². The highest BCUT2D eigenvalue weighted by molar-refractivity contribution is 6.16. The van der Waals surface area contributed by atoms with Crippen molar-refractivity contribution in [3.63, 3.8) is 0 Å². The molecule has 0 amide bonds. The zero-order valence-corrected chi connectivity index (χ0v) is 12.1. The van der Waals surface area contributed by atoms with E-state index in [9.17, 15) is 4.79 Å². The van der Waals surface area contributed by atoms with Gasteiger partial charge >= 0.3 is 0 Å². The molecule has 0 aliphatic rings. The van der Waals surface area contributed by atoms with E-state index in [0.29, 0.717) is 5.56 Å². The molecule has 0 fully saturated rings. The maximum Gasteiger partial charge on any atom is 0.238 e. The summed E-state index contributed by atoms with van der Waals surface area (Å²) in [5.74, 6) is 5.55. The van der Waals surface area contributed by atoms with Crippen LogP contribution >= 0.6 is 0 Å². The van der Waals surface area contributed by atoms with Gasteiger partial charge in [0.15, 0.2) is 0 Å². The summed E-state index contributed by atoms with van der Waals surface area (Å²) in [6.07, 6.45) is 1.85. The van der Waals surface area contributed by atoms with Gasteiger partial charge in [0.2, 0.25) is 5.78 Å². The SMILES string of the molecule is Cc1cccc(C#CC(=O)c2cn(C)c3ccccc23)c1. The Bertz CT molecular complexity index is 891. The van der Waals surface area contributed by atoms with Crippen molar-refractivity contribution in [3.8, 4) is 11.8 Å². The lowest BCUT2D eigenvalue weighted by molar-refractivity contribution is 0.105. The van der Waals surface area contributed by atoms with E-state index in [4.69, 9.17) is 0 Å². The molecule has 3 rings (SSSR count). The fourth-order valence-corrected chi connectivity index (χ4v) is 2.44. The van der Waals surface area contributed by atoms with Crippen molar-refractivity contribution >= 4 is 16.7 Å². The first kappa shape index (κ1) is 13.2. The van der Waals surface area contributed by atoms with Crippen LogP contribution in [0.15, 0.2) is 54.7 Å². The number of carbonyl (C=O) groups is 1. The van der Waals surface area contributed by atoms with Gasteiger partial charge in [-0.05, 0) is 36.6 Å². The summed E-state index contributed by atoms with van der Waals surface area (Å²) in [5.41, 5.74) is 3.70. The standard InChI is InChI=1S/C19H15NO/c1-14-6-5-7-15(12-14)10-11-19(21)17-13-20(2)18-9-4-3-8-16(17)18/h3-9,12-13H,1-2H3. The summed E-state index contributed by atoms with van der Waals surface area (Å²) in [6.45, 7) is 2.01. The molecule has 21 heavy (non-hydrogen) atoms. The second-order valence-corrected chi connectivity index (χ2v) is 5.12. The largest absolute Gasteiger partial charge is 0.350 e. The average Bonchev–Trinajstić information content (AvgIpc) is 2.83. The van der Waals surface area contributed by atoms with Gasteiger partial charge in [-0.3, -0.25) is 4.79 Å². The maximum atomic E-state index is 12.3. The molecule has 0 aliphatic carbocycles. The highest BCUT2D eigenvalue weighted by Gasteiger charge is 2.11. The third-order valence-electron chi connectivity index (χ3n) is 3.48. The summed E-state index contributed by atoms with van der Waals surface area (Å²) in [4.78, 5) is 12.3. The predicted octanol–water partition coefficient (Wildman–Crippen LogP) is 3.72. The minimum atomic E-state index is -0.145. The minimum absolute atomic E-state index is 0.145. The van der Waals surface area contributed by atoms with Crippen LogP contribution < -0.4 is 0 Å². The van der Waals surface area contributed by atoms with Gasteiger partial charge in [-0.2, -0.15) is 0 Å². The Kier molecular flexibility index (Phi) is 3.33. The molecule has 102 valence electrons. The van der Waals surface area contributed by atoms with Gasteiger partial charge in [-0.25, -0.2) is 0 Å². The zero-order valence-electron chi connectivity index (χ0n) is 12.1. The first-order chi connectivity index (χ1) is 10.1. The number of aromatic nitrogens is 1. The van der Waals surface area contributed by atoms with Crippen molar-refractivity contribution < 1.29 is 4.79 Å². The minimum Gasteiger partial charge on any atom is -0.350 e. The maximum absolute atomic E-state index is 12.3. The van der Waals surface area contributed by atoms with Crippen LogP contribution in [-0.2, 0) is 7.05 Å². The third kappa shape index (κ3) is 2.59. The van der Waals surface area contributed by atoms with Gasteiger partial charge in [-0.1, -0.05) is 36.3 Å². The van der Waals surface area contributed by atoms with Crippen molar-refractivity contribution in [2.45, 2.75) is 6.92 Å². The number of nitrogens with zero attached hydrogens (tertiary/aromatic N) is 1. The summed E-state index contributed by atoms with van der Waals surface area (Å²) in [5, 5.41) is 0.948. The van der Waals surface area contributed by atoms with Crippen molar-refractivity contribution in [1.82, 2.24) is 4.57 Å². The molecule has 0 radical (unpaired) electrons. The lowest BCUT2D eigenvalue weighted by Crippen LogP contribution is -1.93. The number of Topliss-reactive ketones (excluding diaryl/α,β-unsaturated/α-hetero) is 1. The van der Waals surface area contributed by atoms with Gasteiger partial charge in [0.05, 0.1) is 5.56 Å². The Labute approximate surface area is 124 Å². The van der Waals surface area contributed by atoms with Crippen LogP contribution in [0.1, 0.15) is 21.5 Å². The van der Waals surface area contributed by atoms with Gasteiger partial charge in [0.25, 0.3) is 0 Å². The summed E-state index contributed by atoms with van der Waals surface area (Å²) in [6, 6.07) is 15.7. The summed E-state index contributed by atoms with van der Waals surface area (Å²) in [7, 11) is 1.94. The van der Waals surface area contributed by atoms with Crippen LogP contribution in [-0.4, -0.2) is 10.4 Å². The van der Waals surface area contributed by atoms with Crippen LogP contribution in [0.25, 0.3) is 10.9 Å². The van der Waals surface area contributed by atoms with E-state index < -0.39 is 0 Å². The third-order valence-corrected chi connectivity index (χ3v) is 3.48. The number of hydrogen-bond acceptors (Lipinski definition) is 1. The van der Waals surface area contributed by atoms with E-state index in [1.807, 2.05) is 73.3 Å². The van der Waals surface area contributed by atoms with E-state index in [1.54, 1.807) is 0 Å². The Morgan fingerprint density at radius 1 is 1.10 bits per heavy atom. The fourth-order valence-electron chi connectivity index (χ4n) is 2.44. The molecular weight excluding hydrogens is 258 g/mol. The topological polar surface area (TPSA) is 22.0 Å². The molecular formula is C19H15NO. The highest BCUT2D eigenvalue weighted by Crippen LogP contribution is 2.20. The Morgan fingerprint density at radius 2 is 1.90 bits per heavy atom. The molecule has 1 heterocycles. The monoisotopic (exact) mass is 273 g/mol. The highest BCUT2D eigenvalue weighted by atomic mass is 16.1. The van der Waals surface area contributed by atoms with E-state index in [2.05, 4.69) is 11.8 Å². The van der Waals surface area contributed by atoms with Gasteiger partial charge in [-0.15, -0.1) is 0 Å². The van der Waals surface area contributed by atoms with Crippen molar-refractivity contribution in [2.24, 2.45) is 7.05 Å². The first-order valence-corrected chi connectivity index (χ1v) is 6.82. The van der Waals surface area contributed by atoms with Crippen molar-refractivity contribution in [2.75, 3.05) is 0 Å². The van der Waals surface area contributed by atoms with Gasteiger partial charge < -0.3 is 4.57 Å². The Balaban J connectivity index is 1.99. The Hall–Kier alpha value is -2.79. The summed E-state index contributed by atoms with van der Waals surface area (Å²) >= 11 is 0. The quantitative estimate of drug-likeness (QED) is 0.489. The number of rotatable bonds is 1.